The molecule has 0 bridgehead atoms. The largest absolute Gasteiger partial charge is 0.463 e. The molecule has 2 aromatic carbocycles. The van der Waals surface area contributed by atoms with Gasteiger partial charge in [-0.15, -0.1) is 0 Å². The molecule has 2 saturated heterocycles. The fraction of sp³-hybridized carbons (Fsp3) is 0.367. The Hall–Kier alpha value is -3.26. The van der Waals surface area contributed by atoms with Gasteiger partial charge in [-0.05, 0) is 73.5 Å². The zero-order chi connectivity index (χ0) is 25.0. The molecule has 37 heavy (non-hydrogen) atoms. The molecule has 2 aromatic heterocycles. The van der Waals surface area contributed by atoms with Crippen LogP contribution in [0.4, 0.5) is 4.39 Å². The van der Waals surface area contributed by atoms with Crippen LogP contribution >= 0.6 is 0 Å². The van der Waals surface area contributed by atoms with Crippen LogP contribution in [0.3, 0.4) is 0 Å². The molecular weight excluding hydrogens is 465 g/mol. The van der Waals surface area contributed by atoms with Crippen LogP contribution in [-0.4, -0.2) is 76.8 Å². The second-order valence-corrected chi connectivity index (χ2v) is 10.1. The molecule has 7 heteroatoms. The molecule has 0 spiro atoms. The molecule has 0 aliphatic carbocycles. The van der Waals surface area contributed by atoms with Crippen LogP contribution in [0.5, 0.6) is 0 Å². The van der Waals surface area contributed by atoms with E-state index in [2.05, 4.69) is 39.0 Å². The number of furan rings is 1. The average Bonchev–Trinajstić information content (AvgIpc) is 3.71. The molecule has 2 aliphatic rings. The number of rotatable bonds is 8. The van der Waals surface area contributed by atoms with Gasteiger partial charge in [-0.25, -0.2) is 9.07 Å². The quantitative estimate of drug-likeness (QED) is 0.335. The monoisotopic (exact) mass is 499 g/mol. The van der Waals surface area contributed by atoms with Crippen molar-refractivity contribution in [3.05, 3.63) is 84.5 Å². The van der Waals surface area contributed by atoms with Crippen molar-refractivity contribution in [3.63, 3.8) is 0 Å². The SMILES string of the molecule is Fc1ccc(-c2ccc(-n3ncc(CN4CCN(CCN5CCCC5)CC4)c3-c3ccco3)cc2)cc1. The molecule has 4 aromatic rings. The van der Waals surface area contributed by atoms with Crippen molar-refractivity contribution in [3.8, 4) is 28.3 Å². The van der Waals surface area contributed by atoms with Crippen LogP contribution in [-0.2, 0) is 6.54 Å². The normalized spacial score (nSPS) is 17.5. The van der Waals surface area contributed by atoms with Crippen molar-refractivity contribution in [2.75, 3.05) is 52.4 Å². The summed E-state index contributed by atoms with van der Waals surface area (Å²) >= 11 is 0. The van der Waals surface area contributed by atoms with Crippen molar-refractivity contribution >= 4 is 0 Å². The van der Waals surface area contributed by atoms with E-state index in [0.717, 1.165) is 61.0 Å². The highest BCUT2D eigenvalue weighted by Crippen LogP contribution is 2.29. The number of hydrogen-bond donors (Lipinski definition) is 0. The Morgan fingerprint density at radius 1 is 0.730 bits per heavy atom. The molecule has 2 aliphatic heterocycles. The summed E-state index contributed by atoms with van der Waals surface area (Å²) in [6.45, 7) is 10.1. The van der Waals surface area contributed by atoms with E-state index < -0.39 is 0 Å². The summed E-state index contributed by atoms with van der Waals surface area (Å²) in [5, 5.41) is 4.77. The van der Waals surface area contributed by atoms with Crippen molar-refractivity contribution in [2.45, 2.75) is 19.4 Å². The minimum atomic E-state index is -0.226. The standard InChI is InChI=1S/C30H34FN5O/c31-27-9-5-24(6-10-27)25-7-11-28(12-8-25)36-30(29-4-3-21-37-29)26(22-32-36)23-35-19-17-34(18-20-35)16-15-33-13-1-2-14-33/h3-12,21-22H,1-2,13-20,23H2. The fourth-order valence-electron chi connectivity index (χ4n) is 5.51. The first-order valence-electron chi connectivity index (χ1n) is 13.4. The van der Waals surface area contributed by atoms with E-state index >= 15 is 0 Å². The Kier molecular flexibility index (Phi) is 7.17. The smallest absolute Gasteiger partial charge is 0.152 e. The topological polar surface area (TPSA) is 40.7 Å². The second kappa shape index (κ2) is 11.0. The van der Waals surface area contributed by atoms with Gasteiger partial charge in [0.15, 0.2) is 5.76 Å². The maximum absolute atomic E-state index is 13.3. The average molecular weight is 500 g/mol. The van der Waals surface area contributed by atoms with Gasteiger partial charge in [0.1, 0.15) is 11.5 Å². The lowest BCUT2D eigenvalue weighted by molar-refractivity contribution is 0.118. The van der Waals surface area contributed by atoms with Crippen molar-refractivity contribution < 1.29 is 8.81 Å². The molecule has 0 saturated carbocycles. The Labute approximate surface area is 217 Å². The Morgan fingerprint density at radius 3 is 2.00 bits per heavy atom. The van der Waals surface area contributed by atoms with E-state index in [9.17, 15) is 4.39 Å². The first-order chi connectivity index (χ1) is 18.2. The molecule has 192 valence electrons. The van der Waals surface area contributed by atoms with Gasteiger partial charge in [-0.3, -0.25) is 9.80 Å². The zero-order valence-corrected chi connectivity index (χ0v) is 21.2. The summed E-state index contributed by atoms with van der Waals surface area (Å²) in [6, 6.07) is 18.7. The number of nitrogens with zero attached hydrogens (tertiary/aromatic N) is 5. The number of piperazine rings is 1. The predicted octanol–water partition coefficient (Wildman–Crippen LogP) is 5.15. The second-order valence-electron chi connectivity index (χ2n) is 10.1. The van der Waals surface area contributed by atoms with E-state index in [4.69, 9.17) is 9.52 Å². The van der Waals surface area contributed by atoms with Gasteiger partial charge in [0.2, 0.25) is 0 Å². The van der Waals surface area contributed by atoms with Crippen molar-refractivity contribution in [1.82, 2.24) is 24.5 Å². The summed E-state index contributed by atoms with van der Waals surface area (Å²) in [4.78, 5) is 7.73. The summed E-state index contributed by atoms with van der Waals surface area (Å²) in [5.41, 5.74) is 5.16. The van der Waals surface area contributed by atoms with E-state index in [1.54, 1.807) is 18.4 Å². The Balaban J connectivity index is 1.16. The van der Waals surface area contributed by atoms with Crippen molar-refractivity contribution in [1.29, 1.82) is 0 Å². The van der Waals surface area contributed by atoms with Gasteiger partial charge in [-0.1, -0.05) is 24.3 Å². The van der Waals surface area contributed by atoms with Gasteiger partial charge in [0.25, 0.3) is 0 Å². The van der Waals surface area contributed by atoms with Crippen LogP contribution in [0.1, 0.15) is 18.4 Å². The number of aromatic nitrogens is 2. The van der Waals surface area contributed by atoms with E-state index in [1.807, 2.05) is 23.0 Å². The third-order valence-corrected chi connectivity index (χ3v) is 7.68. The van der Waals surface area contributed by atoms with Gasteiger partial charge in [-0.2, -0.15) is 5.10 Å². The van der Waals surface area contributed by atoms with Gasteiger partial charge < -0.3 is 9.32 Å². The first-order valence-corrected chi connectivity index (χ1v) is 13.4. The molecular formula is C30H34FN5O. The molecule has 0 amide bonds. The lowest BCUT2D eigenvalue weighted by Crippen LogP contribution is -2.47. The molecule has 0 unspecified atom stereocenters. The highest BCUT2D eigenvalue weighted by Gasteiger charge is 2.23. The summed E-state index contributed by atoms with van der Waals surface area (Å²) in [5.74, 6) is 0.593. The van der Waals surface area contributed by atoms with Crippen LogP contribution in [0.25, 0.3) is 28.3 Å². The zero-order valence-electron chi connectivity index (χ0n) is 21.2. The lowest BCUT2D eigenvalue weighted by atomic mass is 10.1. The number of hydrogen-bond acceptors (Lipinski definition) is 5. The Morgan fingerprint density at radius 2 is 1.35 bits per heavy atom. The lowest BCUT2D eigenvalue weighted by Gasteiger charge is -2.35. The highest BCUT2D eigenvalue weighted by molar-refractivity contribution is 5.66. The Bertz CT molecular complexity index is 1270. The van der Waals surface area contributed by atoms with Crippen LogP contribution in [0.2, 0.25) is 0 Å². The first kappa shape index (κ1) is 24.1. The molecule has 4 heterocycles. The van der Waals surface area contributed by atoms with Gasteiger partial charge in [0, 0.05) is 51.4 Å². The van der Waals surface area contributed by atoms with Gasteiger partial charge >= 0.3 is 0 Å². The summed E-state index contributed by atoms with van der Waals surface area (Å²) in [6.07, 6.45) is 6.41. The number of halogens is 1. The van der Waals surface area contributed by atoms with Gasteiger partial charge in [0.05, 0.1) is 18.1 Å². The molecule has 2 fully saturated rings. The van der Waals surface area contributed by atoms with Crippen LogP contribution < -0.4 is 0 Å². The molecule has 0 radical (unpaired) electrons. The number of benzene rings is 2. The van der Waals surface area contributed by atoms with E-state index in [1.165, 1.54) is 56.7 Å². The summed E-state index contributed by atoms with van der Waals surface area (Å²) < 4.78 is 21.1. The van der Waals surface area contributed by atoms with Crippen LogP contribution in [0.15, 0.2) is 77.5 Å². The number of likely N-dealkylation sites (tertiary alicyclic amines) is 1. The maximum Gasteiger partial charge on any atom is 0.152 e. The third kappa shape index (κ3) is 5.54. The maximum atomic E-state index is 13.3. The summed E-state index contributed by atoms with van der Waals surface area (Å²) in [7, 11) is 0. The third-order valence-electron chi connectivity index (χ3n) is 7.68. The minimum Gasteiger partial charge on any atom is -0.463 e. The highest BCUT2D eigenvalue weighted by atomic mass is 19.1. The predicted molar refractivity (Wildman–Crippen MR) is 144 cm³/mol. The fourth-order valence-corrected chi connectivity index (χ4v) is 5.51. The molecule has 0 N–H and O–H groups in total. The molecule has 6 rings (SSSR count). The molecule has 6 nitrogen and oxygen atoms in total. The van der Waals surface area contributed by atoms with Crippen LogP contribution in [0, 0.1) is 5.82 Å². The molecule has 0 atom stereocenters. The van der Waals surface area contributed by atoms with E-state index in [-0.39, 0.29) is 5.82 Å². The van der Waals surface area contributed by atoms with Crippen molar-refractivity contribution in [2.24, 2.45) is 0 Å². The van der Waals surface area contributed by atoms with E-state index in [0.29, 0.717) is 0 Å². The minimum absolute atomic E-state index is 0.226.